The predicted molar refractivity (Wildman–Crippen MR) is 157 cm³/mol. The normalized spacial score (nSPS) is 11.3. The average Bonchev–Trinajstić information content (AvgIpc) is 2.96. The van der Waals surface area contributed by atoms with Crippen molar-refractivity contribution in [1.29, 1.82) is 0 Å². The molecule has 1 N–H and O–H groups in total. The Morgan fingerprint density at radius 3 is 2.30 bits per heavy atom. The first-order valence-electron chi connectivity index (χ1n) is 12.0. The molecule has 0 aliphatic rings. The lowest BCUT2D eigenvalue weighted by molar-refractivity contribution is -0.119. The van der Waals surface area contributed by atoms with Crippen LogP contribution in [0, 0.1) is 0 Å². The number of methoxy groups -OCH3 is 1. The number of nitrogens with one attached hydrogen (secondary N) is 1. The predicted octanol–water partition coefficient (Wildman–Crippen LogP) is 5.93. The van der Waals surface area contributed by atoms with Gasteiger partial charge < -0.3 is 9.47 Å². The highest BCUT2D eigenvalue weighted by molar-refractivity contribution is 7.92. The van der Waals surface area contributed by atoms with Crippen molar-refractivity contribution in [3.8, 4) is 11.5 Å². The largest absolute Gasteiger partial charge is 0.497 e. The van der Waals surface area contributed by atoms with Gasteiger partial charge >= 0.3 is 0 Å². The van der Waals surface area contributed by atoms with Crippen LogP contribution in [-0.2, 0) is 21.4 Å². The summed E-state index contributed by atoms with van der Waals surface area (Å²) in [7, 11) is -2.63. The fraction of sp³-hybridized carbons (Fsp3) is 0.103. The van der Waals surface area contributed by atoms with Crippen LogP contribution in [0.3, 0.4) is 0 Å². The number of hydrogen-bond donors (Lipinski definition) is 1. The monoisotopic (exact) mass is 597 g/mol. The summed E-state index contributed by atoms with van der Waals surface area (Å²) in [5.41, 5.74) is 4.18. The first-order valence-corrected chi connectivity index (χ1v) is 14.2. The van der Waals surface area contributed by atoms with Gasteiger partial charge in [-0.2, -0.15) is 5.10 Å². The number of amides is 1. The maximum atomic E-state index is 13.5. The SMILES string of the molecule is COc1ccc(S(=O)(=O)N(CC(=O)N/N=C\c2ccc(OCc3ccccc3Cl)cc2)c2cccc(Cl)c2)cc1. The quantitative estimate of drug-likeness (QED) is 0.171. The molecule has 1 amide bonds. The van der Waals surface area contributed by atoms with Crippen LogP contribution in [0.1, 0.15) is 11.1 Å². The van der Waals surface area contributed by atoms with Crippen molar-refractivity contribution in [2.24, 2.45) is 5.10 Å². The molecule has 0 radical (unpaired) electrons. The number of anilines is 1. The lowest BCUT2D eigenvalue weighted by atomic mass is 10.2. The number of carbonyl (C=O) groups is 1. The summed E-state index contributed by atoms with van der Waals surface area (Å²) in [6.07, 6.45) is 1.44. The minimum atomic E-state index is -4.12. The standard InChI is InChI=1S/C29H25Cl2N3O5S/c1-38-25-13-15-27(16-14-25)40(36,37)34(24-7-4-6-23(30)17-24)19-29(35)33-32-18-21-9-11-26(12-10-21)39-20-22-5-2-3-8-28(22)31/h2-18H,19-20H2,1H3,(H,33,35)/b32-18-. The van der Waals surface area contributed by atoms with Crippen LogP contribution in [-0.4, -0.2) is 34.2 Å². The molecular formula is C29H25Cl2N3O5S. The van der Waals surface area contributed by atoms with Crippen LogP contribution in [0.5, 0.6) is 11.5 Å². The Morgan fingerprint density at radius 2 is 1.62 bits per heavy atom. The van der Waals surface area contributed by atoms with Crippen molar-refractivity contribution in [3.05, 3.63) is 118 Å². The van der Waals surface area contributed by atoms with E-state index in [9.17, 15) is 13.2 Å². The molecule has 0 spiro atoms. The molecule has 0 saturated heterocycles. The zero-order valence-corrected chi connectivity index (χ0v) is 23.7. The van der Waals surface area contributed by atoms with Gasteiger partial charge in [0.2, 0.25) is 0 Å². The van der Waals surface area contributed by atoms with E-state index in [2.05, 4.69) is 10.5 Å². The van der Waals surface area contributed by atoms with Gasteiger partial charge in [0.15, 0.2) is 0 Å². The van der Waals surface area contributed by atoms with Crippen LogP contribution >= 0.6 is 23.2 Å². The van der Waals surface area contributed by atoms with Crippen molar-refractivity contribution in [2.45, 2.75) is 11.5 Å². The zero-order valence-electron chi connectivity index (χ0n) is 21.3. The van der Waals surface area contributed by atoms with Crippen molar-refractivity contribution in [2.75, 3.05) is 18.0 Å². The van der Waals surface area contributed by atoms with E-state index in [0.717, 1.165) is 9.87 Å². The summed E-state index contributed by atoms with van der Waals surface area (Å²) < 4.78 is 38.8. The van der Waals surface area contributed by atoms with E-state index in [-0.39, 0.29) is 10.6 Å². The summed E-state index contributed by atoms with van der Waals surface area (Å²) in [6.45, 7) is -0.202. The lowest BCUT2D eigenvalue weighted by Crippen LogP contribution is -2.39. The van der Waals surface area contributed by atoms with Gasteiger partial charge in [0, 0.05) is 15.6 Å². The highest BCUT2D eigenvalue weighted by atomic mass is 35.5. The van der Waals surface area contributed by atoms with Crippen molar-refractivity contribution < 1.29 is 22.7 Å². The molecule has 11 heteroatoms. The molecule has 0 fully saturated rings. The second-order valence-corrected chi connectivity index (χ2v) is 11.1. The van der Waals surface area contributed by atoms with Gasteiger partial charge in [0.05, 0.1) is 23.9 Å². The lowest BCUT2D eigenvalue weighted by Gasteiger charge is -2.24. The number of nitrogens with zero attached hydrogens (tertiary/aromatic N) is 2. The molecule has 0 bridgehead atoms. The van der Waals surface area contributed by atoms with Gasteiger partial charge in [-0.05, 0) is 78.4 Å². The highest BCUT2D eigenvalue weighted by Gasteiger charge is 2.27. The summed E-state index contributed by atoms with van der Waals surface area (Å²) >= 11 is 12.3. The number of sulfonamides is 1. The maximum Gasteiger partial charge on any atom is 0.264 e. The van der Waals surface area contributed by atoms with Crippen LogP contribution in [0.25, 0.3) is 0 Å². The van der Waals surface area contributed by atoms with Crippen LogP contribution in [0.15, 0.2) is 107 Å². The number of carbonyl (C=O) groups excluding carboxylic acids is 1. The van der Waals surface area contributed by atoms with Crippen LogP contribution in [0.2, 0.25) is 10.0 Å². The first kappa shape index (κ1) is 28.9. The molecule has 4 aromatic carbocycles. The second-order valence-electron chi connectivity index (χ2n) is 8.41. The Kier molecular flexibility index (Phi) is 9.65. The molecule has 0 unspecified atom stereocenters. The Morgan fingerprint density at radius 1 is 0.925 bits per heavy atom. The van der Waals surface area contributed by atoms with Crippen molar-refractivity contribution in [3.63, 3.8) is 0 Å². The van der Waals surface area contributed by atoms with Gasteiger partial charge in [-0.15, -0.1) is 0 Å². The van der Waals surface area contributed by atoms with Gasteiger partial charge in [0.25, 0.3) is 15.9 Å². The smallest absolute Gasteiger partial charge is 0.264 e. The van der Waals surface area contributed by atoms with Crippen molar-refractivity contribution in [1.82, 2.24) is 5.43 Å². The Hall–Kier alpha value is -4.05. The molecular weight excluding hydrogens is 573 g/mol. The first-order chi connectivity index (χ1) is 19.3. The summed E-state index contributed by atoms with van der Waals surface area (Å²) in [4.78, 5) is 12.8. The molecule has 0 saturated carbocycles. The van der Waals surface area contributed by atoms with Crippen molar-refractivity contribution >= 4 is 51.0 Å². The molecule has 0 atom stereocenters. The van der Waals surface area contributed by atoms with E-state index in [1.54, 1.807) is 48.5 Å². The third-order valence-corrected chi connectivity index (χ3v) is 8.06. The van der Waals surface area contributed by atoms with E-state index in [4.69, 9.17) is 32.7 Å². The second kappa shape index (κ2) is 13.3. The fourth-order valence-electron chi connectivity index (χ4n) is 3.59. The van der Waals surface area contributed by atoms with E-state index in [0.29, 0.717) is 33.7 Å². The van der Waals surface area contributed by atoms with Gasteiger partial charge in [-0.1, -0.05) is 47.5 Å². The topological polar surface area (TPSA) is 97.3 Å². The van der Waals surface area contributed by atoms with E-state index < -0.39 is 22.5 Å². The Labute approximate surface area is 242 Å². The zero-order chi connectivity index (χ0) is 28.5. The molecule has 0 aliphatic carbocycles. The molecule has 0 heterocycles. The molecule has 4 rings (SSSR count). The summed E-state index contributed by atoms with van der Waals surface area (Å²) in [5, 5.41) is 4.93. The van der Waals surface area contributed by atoms with Crippen LogP contribution in [0.4, 0.5) is 5.69 Å². The average molecular weight is 599 g/mol. The van der Waals surface area contributed by atoms with E-state index in [1.165, 1.54) is 43.7 Å². The molecule has 206 valence electrons. The number of hydrogen-bond acceptors (Lipinski definition) is 6. The fourth-order valence-corrected chi connectivity index (χ4v) is 5.38. The molecule has 0 aromatic heterocycles. The summed E-state index contributed by atoms with van der Waals surface area (Å²) in [5.74, 6) is 0.496. The number of hydrazone groups is 1. The maximum absolute atomic E-state index is 13.5. The molecule has 4 aromatic rings. The number of ether oxygens (including phenoxy) is 2. The van der Waals surface area contributed by atoms with Gasteiger partial charge in [0.1, 0.15) is 24.7 Å². The highest BCUT2D eigenvalue weighted by Crippen LogP contribution is 2.27. The van der Waals surface area contributed by atoms with Crippen LogP contribution < -0.4 is 19.2 Å². The number of rotatable bonds is 11. The Balaban J connectivity index is 1.42. The third-order valence-electron chi connectivity index (χ3n) is 5.67. The third kappa shape index (κ3) is 7.53. The molecule has 0 aliphatic heterocycles. The number of benzene rings is 4. The van der Waals surface area contributed by atoms with E-state index in [1.807, 2.05) is 18.2 Å². The van der Waals surface area contributed by atoms with Gasteiger partial charge in [-0.25, -0.2) is 13.8 Å². The number of halogens is 2. The minimum absolute atomic E-state index is 0.0126. The Bertz CT molecular complexity index is 1600. The minimum Gasteiger partial charge on any atom is -0.497 e. The van der Waals surface area contributed by atoms with E-state index >= 15 is 0 Å². The molecule has 8 nitrogen and oxygen atoms in total. The summed E-state index contributed by atoms with van der Waals surface area (Å²) in [6, 6.07) is 26.6. The van der Waals surface area contributed by atoms with Gasteiger partial charge in [-0.3, -0.25) is 9.10 Å². The molecule has 40 heavy (non-hydrogen) atoms.